The quantitative estimate of drug-likeness (QED) is 0.391. The second-order valence-corrected chi connectivity index (χ2v) is 2.33. The molecule has 0 saturated carbocycles. The molecule has 0 aliphatic rings. The van der Waals surface area contributed by atoms with E-state index in [9.17, 15) is 0 Å². The van der Waals surface area contributed by atoms with Gasteiger partial charge in [-0.1, -0.05) is 70.6 Å². The van der Waals surface area contributed by atoms with Gasteiger partial charge in [0.1, 0.15) is 0 Å². The summed E-state index contributed by atoms with van der Waals surface area (Å²) in [6.07, 6.45) is 9.02. The van der Waals surface area contributed by atoms with Gasteiger partial charge in [-0.25, -0.2) is 0 Å². The predicted octanol–water partition coefficient (Wildman–Crippen LogP) is 5.94. The Morgan fingerprint density at radius 1 is 1.13 bits per heavy atom. The average Bonchev–Trinajstić information content (AvgIpc) is 2.32. The molecule has 0 rings (SSSR count). The van der Waals surface area contributed by atoms with Crippen LogP contribution in [0.4, 0.5) is 0 Å². The van der Waals surface area contributed by atoms with Crippen molar-refractivity contribution in [1.29, 1.82) is 0 Å². The topological polar surface area (TPSA) is 0 Å². The molecule has 0 heteroatoms. The third-order valence-electron chi connectivity index (χ3n) is 0.951. The molecule has 0 heterocycles. The van der Waals surface area contributed by atoms with Crippen LogP contribution in [-0.2, 0) is 0 Å². The lowest BCUT2D eigenvalue weighted by molar-refractivity contribution is 1.09. The molecule has 0 radical (unpaired) electrons. The summed E-state index contributed by atoms with van der Waals surface area (Å²) in [6.45, 7) is 21.9. The van der Waals surface area contributed by atoms with E-state index in [2.05, 4.69) is 46.6 Å². The van der Waals surface area contributed by atoms with Gasteiger partial charge in [-0.05, 0) is 13.8 Å². The van der Waals surface area contributed by atoms with Crippen LogP contribution in [-0.4, -0.2) is 0 Å². The highest BCUT2D eigenvalue weighted by Gasteiger charge is 1.70. The van der Waals surface area contributed by atoms with Gasteiger partial charge >= 0.3 is 0 Å². The zero-order valence-corrected chi connectivity index (χ0v) is 11.6. The van der Waals surface area contributed by atoms with Crippen molar-refractivity contribution in [2.24, 2.45) is 0 Å². The molecular formula is C15H30. The third-order valence-corrected chi connectivity index (χ3v) is 0.951. The highest BCUT2D eigenvalue weighted by atomic mass is 13.8. The van der Waals surface area contributed by atoms with E-state index in [1.54, 1.807) is 6.08 Å². The normalized spacial score (nSPS) is 8.53. The van der Waals surface area contributed by atoms with Gasteiger partial charge in [0, 0.05) is 0 Å². The van der Waals surface area contributed by atoms with E-state index in [-0.39, 0.29) is 0 Å². The molecule has 90 valence electrons. The Kier molecular flexibility index (Phi) is 60.3. The molecule has 0 unspecified atom stereocenters. The Balaban J connectivity index is -0.0000000726. The van der Waals surface area contributed by atoms with Gasteiger partial charge in [0.25, 0.3) is 0 Å². The molecule has 0 aliphatic carbocycles. The molecule has 0 aromatic rings. The Hall–Kier alpha value is -1.04. The van der Waals surface area contributed by atoms with Crippen molar-refractivity contribution in [2.45, 2.75) is 48.0 Å². The summed E-state index contributed by atoms with van der Waals surface area (Å²) in [7, 11) is 0. The van der Waals surface area contributed by atoms with Gasteiger partial charge in [0.15, 0.2) is 0 Å². The maximum Gasteiger partial charge on any atom is -0.0401 e. The van der Waals surface area contributed by atoms with Crippen molar-refractivity contribution < 1.29 is 0 Å². The minimum absolute atomic E-state index is 1.25. The molecular weight excluding hydrogens is 180 g/mol. The molecule has 0 N–H and O–H groups in total. The predicted molar refractivity (Wildman–Crippen MR) is 77.3 cm³/mol. The number of allylic oxidation sites excluding steroid dienone is 5. The maximum absolute atomic E-state index is 3.55. The molecule has 15 heavy (non-hydrogen) atoms. The van der Waals surface area contributed by atoms with Crippen molar-refractivity contribution >= 4 is 0 Å². The van der Waals surface area contributed by atoms with Crippen LogP contribution in [0.3, 0.4) is 0 Å². The van der Waals surface area contributed by atoms with E-state index in [4.69, 9.17) is 0 Å². The lowest BCUT2D eigenvalue weighted by Gasteiger charge is -1.82. The van der Waals surface area contributed by atoms with E-state index < -0.39 is 0 Å². The van der Waals surface area contributed by atoms with E-state index in [0.717, 1.165) is 0 Å². The average molecular weight is 210 g/mol. The van der Waals surface area contributed by atoms with Crippen molar-refractivity contribution in [1.82, 2.24) is 0 Å². The first-order chi connectivity index (χ1) is 7.22. The third kappa shape index (κ3) is 63.3. The fourth-order valence-corrected chi connectivity index (χ4v) is 0.316. The molecule has 0 nitrogen and oxygen atoms in total. The molecule has 0 aliphatic heterocycles. The zero-order chi connectivity index (χ0) is 13.1. The molecule has 0 amide bonds. The summed E-state index contributed by atoms with van der Waals surface area (Å²) in [4.78, 5) is 0. The summed E-state index contributed by atoms with van der Waals surface area (Å²) in [6, 6.07) is 0. The number of hydrogen-bond donors (Lipinski definition) is 0. The monoisotopic (exact) mass is 210 g/mol. The summed E-state index contributed by atoms with van der Waals surface area (Å²) in [5.41, 5.74) is 1.27. The highest BCUT2D eigenvalue weighted by molar-refractivity contribution is 5.18. The summed E-state index contributed by atoms with van der Waals surface area (Å²) in [5, 5.41) is 0. The second-order valence-electron chi connectivity index (χ2n) is 2.33. The Morgan fingerprint density at radius 2 is 1.47 bits per heavy atom. The summed E-state index contributed by atoms with van der Waals surface area (Å²) < 4.78 is 0. The van der Waals surface area contributed by atoms with Gasteiger partial charge < -0.3 is 0 Å². The molecule has 0 atom stereocenters. The van der Waals surface area contributed by atoms with Crippen molar-refractivity contribution in [3.8, 4) is 0 Å². The molecule has 0 aromatic carbocycles. The number of rotatable bonds is 2. The van der Waals surface area contributed by atoms with Crippen LogP contribution in [0.25, 0.3) is 0 Å². The van der Waals surface area contributed by atoms with Crippen LogP contribution < -0.4 is 0 Å². The van der Waals surface area contributed by atoms with Crippen molar-refractivity contribution in [3.05, 3.63) is 49.6 Å². The lowest BCUT2D eigenvalue weighted by atomic mass is 10.3. The standard InChI is InChI=1S/C8H12.C3H8.C2H6.C2H4/c1-4-6-7-8(3)5-2;1-3-2;2*1-2/h4-7H,1H2,2-3H3;3H2,1-2H3;1-2H3;1-2H2/b7-6-,8-5-;;;. The first-order valence-electron chi connectivity index (χ1n) is 5.64. The van der Waals surface area contributed by atoms with Crippen LogP contribution in [0.5, 0.6) is 0 Å². The molecule has 0 saturated heterocycles. The van der Waals surface area contributed by atoms with Gasteiger partial charge in [-0.2, -0.15) is 0 Å². The van der Waals surface area contributed by atoms with E-state index in [0.29, 0.717) is 0 Å². The molecule has 0 spiro atoms. The van der Waals surface area contributed by atoms with Gasteiger partial charge in [-0.3, -0.25) is 0 Å². The summed E-state index contributed by atoms with van der Waals surface area (Å²) in [5.74, 6) is 0. The van der Waals surface area contributed by atoms with Crippen molar-refractivity contribution in [3.63, 3.8) is 0 Å². The van der Waals surface area contributed by atoms with Crippen LogP contribution in [0.2, 0.25) is 0 Å². The molecule has 0 bridgehead atoms. The van der Waals surface area contributed by atoms with Crippen LogP contribution >= 0.6 is 0 Å². The van der Waals surface area contributed by atoms with Gasteiger partial charge in [-0.15, -0.1) is 13.2 Å². The van der Waals surface area contributed by atoms with E-state index >= 15 is 0 Å². The Labute approximate surface area is 98.1 Å². The Morgan fingerprint density at radius 3 is 1.67 bits per heavy atom. The van der Waals surface area contributed by atoms with Crippen LogP contribution in [0.15, 0.2) is 49.6 Å². The second kappa shape index (κ2) is 38.3. The first-order valence-corrected chi connectivity index (χ1v) is 5.64. The van der Waals surface area contributed by atoms with Gasteiger partial charge in [0.2, 0.25) is 0 Å². The van der Waals surface area contributed by atoms with Crippen LogP contribution in [0.1, 0.15) is 48.0 Å². The fraction of sp³-hybridized carbons (Fsp3) is 0.467. The van der Waals surface area contributed by atoms with E-state index in [1.807, 2.05) is 32.9 Å². The molecule has 0 aromatic heterocycles. The maximum atomic E-state index is 3.55. The van der Waals surface area contributed by atoms with Crippen LogP contribution in [0, 0.1) is 0 Å². The van der Waals surface area contributed by atoms with Crippen molar-refractivity contribution in [2.75, 3.05) is 0 Å². The zero-order valence-electron chi connectivity index (χ0n) is 11.6. The smallest absolute Gasteiger partial charge is 0.0401 e. The lowest BCUT2D eigenvalue weighted by Crippen LogP contribution is -1.60. The SMILES string of the molecule is C=C.C=C/C=C\C(C)=C/C.CC.CCC. The minimum atomic E-state index is 1.25. The molecule has 0 fully saturated rings. The van der Waals surface area contributed by atoms with E-state index in [1.165, 1.54) is 12.0 Å². The minimum Gasteiger partial charge on any atom is -0.106 e. The van der Waals surface area contributed by atoms with Gasteiger partial charge in [0.05, 0.1) is 0 Å². The Bertz CT molecular complexity index is 138. The highest BCUT2D eigenvalue weighted by Crippen LogP contribution is 1.92. The summed E-state index contributed by atoms with van der Waals surface area (Å²) >= 11 is 0. The largest absolute Gasteiger partial charge is 0.106 e. The fourth-order valence-electron chi connectivity index (χ4n) is 0.316. The first kappa shape index (κ1) is 23.6. The number of hydrogen-bond acceptors (Lipinski definition) is 0.